The Morgan fingerprint density at radius 3 is 2.94 bits per heavy atom. The predicted octanol–water partition coefficient (Wildman–Crippen LogP) is 2.80. The number of aliphatic hydroxyl groups excluding tert-OH is 1. The Hall–Kier alpha value is -1.31. The van der Waals surface area contributed by atoms with Crippen LogP contribution in [0, 0.1) is 17.8 Å². The first-order valence-corrected chi connectivity index (χ1v) is 6.64. The minimum atomic E-state index is 0.157. The van der Waals surface area contributed by atoms with Crippen molar-refractivity contribution in [2.75, 3.05) is 6.61 Å². The Balaban J connectivity index is 2.56. The molecule has 1 N–H and O–H groups in total. The van der Waals surface area contributed by atoms with E-state index in [2.05, 4.69) is 32.9 Å². The summed E-state index contributed by atoms with van der Waals surface area (Å²) in [6.07, 6.45) is 0. The summed E-state index contributed by atoms with van der Waals surface area (Å²) in [4.78, 5) is 0. The number of rotatable bonds is 3. The fourth-order valence-corrected chi connectivity index (χ4v) is 2.20. The molecule has 94 valence electrons. The topological polar surface area (TPSA) is 38.0 Å². The van der Waals surface area contributed by atoms with Crippen LogP contribution in [0.3, 0.4) is 0 Å². The third-order valence-corrected chi connectivity index (χ3v) is 3.25. The number of fused-ring (bicyclic) bond motifs is 1. The number of aromatic nitrogens is 2. The summed E-state index contributed by atoms with van der Waals surface area (Å²) in [6.45, 7) is 4.65. The molecule has 0 bridgehead atoms. The zero-order chi connectivity index (χ0) is 13.1. The summed E-state index contributed by atoms with van der Waals surface area (Å²) in [5.74, 6) is 6.08. The van der Waals surface area contributed by atoms with E-state index in [9.17, 15) is 0 Å². The van der Waals surface area contributed by atoms with Gasteiger partial charge in [-0.05, 0) is 37.0 Å². The first-order valence-electron chi connectivity index (χ1n) is 5.85. The molecule has 0 fully saturated rings. The molecule has 2 rings (SSSR count). The zero-order valence-corrected chi connectivity index (χ0v) is 12.0. The van der Waals surface area contributed by atoms with E-state index in [-0.39, 0.29) is 12.5 Å². The van der Waals surface area contributed by atoms with Gasteiger partial charge in [-0.3, -0.25) is 4.68 Å². The number of benzene rings is 1. The van der Waals surface area contributed by atoms with Crippen LogP contribution in [0.5, 0.6) is 0 Å². The summed E-state index contributed by atoms with van der Waals surface area (Å²) >= 11 is 3.47. The van der Waals surface area contributed by atoms with Crippen LogP contribution in [0.2, 0.25) is 0 Å². The van der Waals surface area contributed by atoms with Crippen molar-refractivity contribution in [1.82, 2.24) is 9.78 Å². The lowest BCUT2D eigenvalue weighted by molar-refractivity contribution is 0.220. The normalized spacial score (nSPS) is 12.2. The number of aliphatic hydroxyl groups is 1. The first kappa shape index (κ1) is 13.1. The second kappa shape index (κ2) is 5.55. The van der Waals surface area contributed by atoms with Gasteiger partial charge in [0.1, 0.15) is 5.69 Å². The molecular weight excluding hydrogens is 292 g/mol. The molecule has 0 aliphatic heterocycles. The molecule has 4 heteroatoms. The molecule has 3 nitrogen and oxygen atoms in total. The fourth-order valence-electron chi connectivity index (χ4n) is 1.85. The van der Waals surface area contributed by atoms with E-state index in [0.29, 0.717) is 6.54 Å². The molecule has 2 aromatic rings. The molecule has 0 saturated heterocycles. The van der Waals surface area contributed by atoms with Crippen LogP contribution in [0.15, 0.2) is 22.7 Å². The van der Waals surface area contributed by atoms with Crippen LogP contribution in [0.1, 0.15) is 19.5 Å². The van der Waals surface area contributed by atoms with Gasteiger partial charge >= 0.3 is 0 Å². The van der Waals surface area contributed by atoms with E-state index >= 15 is 0 Å². The molecule has 1 atom stereocenters. The van der Waals surface area contributed by atoms with Crippen LogP contribution >= 0.6 is 15.9 Å². The molecule has 1 heterocycles. The summed E-state index contributed by atoms with van der Waals surface area (Å²) in [6, 6.07) is 6.05. The maximum absolute atomic E-state index is 9.15. The number of hydrogen-bond acceptors (Lipinski definition) is 2. The van der Waals surface area contributed by atoms with Crippen LogP contribution in [0.25, 0.3) is 10.9 Å². The lowest BCUT2D eigenvalue weighted by Gasteiger charge is -2.08. The highest BCUT2D eigenvalue weighted by Gasteiger charge is 2.11. The lowest BCUT2D eigenvalue weighted by Crippen LogP contribution is -2.12. The molecule has 0 spiro atoms. The van der Waals surface area contributed by atoms with Gasteiger partial charge in [-0.15, -0.1) is 0 Å². The van der Waals surface area contributed by atoms with Crippen molar-refractivity contribution >= 4 is 26.8 Å². The van der Waals surface area contributed by atoms with Gasteiger partial charge in [0.15, 0.2) is 0 Å². The molecule has 1 aromatic heterocycles. The third-order valence-electron chi connectivity index (χ3n) is 2.75. The highest BCUT2D eigenvalue weighted by atomic mass is 79.9. The smallest absolute Gasteiger partial charge is 0.143 e. The van der Waals surface area contributed by atoms with Gasteiger partial charge in [-0.1, -0.05) is 28.8 Å². The van der Waals surface area contributed by atoms with Crippen molar-refractivity contribution in [1.29, 1.82) is 0 Å². The maximum Gasteiger partial charge on any atom is 0.143 e. The zero-order valence-electron chi connectivity index (χ0n) is 10.4. The molecule has 0 aliphatic rings. The first-order chi connectivity index (χ1) is 8.65. The van der Waals surface area contributed by atoms with E-state index in [1.165, 1.54) is 0 Å². The largest absolute Gasteiger partial charge is 0.396 e. The van der Waals surface area contributed by atoms with Crippen molar-refractivity contribution in [3.05, 3.63) is 28.4 Å². The van der Waals surface area contributed by atoms with Gasteiger partial charge in [0.2, 0.25) is 0 Å². The Labute approximate surface area is 115 Å². The summed E-state index contributed by atoms with van der Waals surface area (Å²) < 4.78 is 2.93. The third kappa shape index (κ3) is 2.58. The van der Waals surface area contributed by atoms with Gasteiger partial charge in [0.05, 0.1) is 5.52 Å². The van der Waals surface area contributed by atoms with Crippen molar-refractivity contribution in [2.24, 2.45) is 5.92 Å². The molecular formula is C14H15BrN2O. The lowest BCUT2D eigenvalue weighted by atomic mass is 10.2. The molecule has 0 amide bonds. The van der Waals surface area contributed by atoms with Gasteiger partial charge in [0, 0.05) is 23.0 Å². The quantitative estimate of drug-likeness (QED) is 0.886. The van der Waals surface area contributed by atoms with E-state index in [4.69, 9.17) is 5.11 Å². The molecule has 18 heavy (non-hydrogen) atoms. The highest BCUT2D eigenvalue weighted by molar-refractivity contribution is 9.10. The average Bonchev–Trinajstić information content (AvgIpc) is 2.67. The maximum atomic E-state index is 9.15. The predicted molar refractivity (Wildman–Crippen MR) is 76.2 cm³/mol. The summed E-state index contributed by atoms with van der Waals surface area (Å²) in [7, 11) is 0. The van der Waals surface area contributed by atoms with Crippen LogP contribution in [-0.4, -0.2) is 21.5 Å². The van der Waals surface area contributed by atoms with Crippen molar-refractivity contribution in [2.45, 2.75) is 20.4 Å². The van der Waals surface area contributed by atoms with Crippen LogP contribution in [-0.2, 0) is 6.54 Å². The molecule has 0 saturated carbocycles. The van der Waals surface area contributed by atoms with Crippen LogP contribution < -0.4 is 0 Å². The second-order valence-electron chi connectivity index (χ2n) is 4.35. The van der Waals surface area contributed by atoms with Gasteiger partial charge in [-0.2, -0.15) is 5.10 Å². The van der Waals surface area contributed by atoms with Crippen LogP contribution in [0.4, 0.5) is 0 Å². The molecule has 1 aromatic carbocycles. The van der Waals surface area contributed by atoms with E-state index in [1.807, 2.05) is 29.8 Å². The monoisotopic (exact) mass is 306 g/mol. The molecule has 0 radical (unpaired) electrons. The Morgan fingerprint density at radius 2 is 2.28 bits per heavy atom. The Morgan fingerprint density at radius 1 is 1.50 bits per heavy atom. The summed E-state index contributed by atoms with van der Waals surface area (Å²) in [5.41, 5.74) is 1.84. The SMILES string of the molecule is CC#Cc1nn(CC(C)CO)c2cc(Br)ccc12. The Bertz CT molecular complexity index is 622. The van der Waals surface area contributed by atoms with E-state index < -0.39 is 0 Å². The second-order valence-corrected chi connectivity index (χ2v) is 5.27. The van der Waals surface area contributed by atoms with E-state index in [1.54, 1.807) is 6.92 Å². The minimum Gasteiger partial charge on any atom is -0.396 e. The standard InChI is InChI=1S/C14H15BrN2O/c1-3-4-13-12-6-5-11(15)7-14(12)17(16-13)8-10(2)9-18/h5-7,10,18H,8-9H2,1-2H3. The number of hydrogen-bond donors (Lipinski definition) is 1. The van der Waals surface area contributed by atoms with Gasteiger partial charge in [-0.25, -0.2) is 0 Å². The van der Waals surface area contributed by atoms with E-state index in [0.717, 1.165) is 21.1 Å². The Kier molecular flexibility index (Phi) is 4.05. The van der Waals surface area contributed by atoms with Crippen molar-refractivity contribution < 1.29 is 5.11 Å². The molecule has 1 unspecified atom stereocenters. The summed E-state index contributed by atoms with van der Waals surface area (Å²) in [5, 5.41) is 14.7. The number of halogens is 1. The van der Waals surface area contributed by atoms with Gasteiger partial charge in [0.25, 0.3) is 0 Å². The average molecular weight is 307 g/mol. The number of nitrogens with zero attached hydrogens (tertiary/aromatic N) is 2. The van der Waals surface area contributed by atoms with Crippen molar-refractivity contribution in [3.8, 4) is 11.8 Å². The van der Waals surface area contributed by atoms with Crippen molar-refractivity contribution in [3.63, 3.8) is 0 Å². The minimum absolute atomic E-state index is 0.157. The van der Waals surface area contributed by atoms with Gasteiger partial charge < -0.3 is 5.11 Å². The highest BCUT2D eigenvalue weighted by Crippen LogP contribution is 2.23. The molecule has 0 aliphatic carbocycles. The fraction of sp³-hybridized carbons (Fsp3) is 0.357.